The van der Waals surface area contributed by atoms with Gasteiger partial charge in [-0.2, -0.15) is 13.2 Å². The van der Waals surface area contributed by atoms with E-state index in [1.165, 1.54) is 24.3 Å². The van der Waals surface area contributed by atoms with E-state index in [1.807, 2.05) is 24.3 Å². The average Bonchev–Trinajstić information content (AvgIpc) is 2.83. The Bertz CT molecular complexity index is 1150. The average molecular weight is 487 g/mol. The van der Waals surface area contributed by atoms with E-state index in [4.69, 9.17) is 0 Å². The molecule has 1 heterocycles. The zero-order chi connectivity index (χ0) is 25.2. The lowest BCUT2D eigenvalue weighted by Gasteiger charge is -2.44. The molecule has 1 N–H and O–H groups in total. The summed E-state index contributed by atoms with van der Waals surface area (Å²) in [6.07, 6.45) is 4.63. The maximum absolute atomic E-state index is 14.7. The lowest BCUT2D eigenvalue weighted by Crippen LogP contribution is -2.55. The molecule has 0 spiro atoms. The maximum atomic E-state index is 14.7. The first-order valence-corrected chi connectivity index (χ1v) is 11.5. The van der Waals surface area contributed by atoms with Gasteiger partial charge < -0.3 is 10.2 Å². The van der Waals surface area contributed by atoms with E-state index in [9.17, 15) is 27.2 Å². The molecule has 0 saturated carbocycles. The monoisotopic (exact) mass is 486 g/mol. The number of piperidine rings is 1. The van der Waals surface area contributed by atoms with Crippen LogP contribution in [0, 0.1) is 24.6 Å². The number of nitrogens with zero attached hydrogens (tertiary/aromatic N) is 1. The van der Waals surface area contributed by atoms with Crippen molar-refractivity contribution in [3.05, 3.63) is 89.3 Å². The van der Waals surface area contributed by atoms with Crippen LogP contribution in [-0.2, 0) is 11.0 Å². The summed E-state index contributed by atoms with van der Waals surface area (Å²) >= 11 is 0. The van der Waals surface area contributed by atoms with E-state index >= 15 is 0 Å². The van der Waals surface area contributed by atoms with Crippen molar-refractivity contribution in [3.63, 3.8) is 0 Å². The molecule has 184 valence electrons. The first kappa shape index (κ1) is 24.7. The highest BCUT2D eigenvalue weighted by atomic mass is 19.4. The second-order valence-electron chi connectivity index (χ2n) is 8.95. The Kier molecular flexibility index (Phi) is 7.10. The summed E-state index contributed by atoms with van der Waals surface area (Å²) in [5.41, 5.74) is -0.339. The van der Waals surface area contributed by atoms with Crippen LogP contribution in [0.5, 0.6) is 0 Å². The molecule has 8 heteroatoms. The summed E-state index contributed by atoms with van der Waals surface area (Å²) in [5, 5.41) is 2.62. The van der Waals surface area contributed by atoms with Crippen molar-refractivity contribution in [1.29, 1.82) is 0 Å². The summed E-state index contributed by atoms with van der Waals surface area (Å²) < 4.78 is 54.0. The number of halogens is 4. The molecule has 2 amide bonds. The van der Waals surface area contributed by atoms with Crippen LogP contribution >= 0.6 is 0 Å². The molecule has 0 bridgehead atoms. The summed E-state index contributed by atoms with van der Waals surface area (Å²) in [6.45, 7) is 2.02. The molecule has 0 radical (unpaired) electrons. The third-order valence-corrected chi connectivity index (χ3v) is 6.63. The molecule has 1 saturated heterocycles. The van der Waals surface area contributed by atoms with Gasteiger partial charge in [-0.15, -0.1) is 0 Å². The Morgan fingerprint density at radius 1 is 1.09 bits per heavy atom. The van der Waals surface area contributed by atoms with Crippen LogP contribution < -0.4 is 5.32 Å². The number of benzene rings is 2. The summed E-state index contributed by atoms with van der Waals surface area (Å²) in [5.74, 6) is -2.42. The summed E-state index contributed by atoms with van der Waals surface area (Å²) in [7, 11) is 0. The van der Waals surface area contributed by atoms with Crippen LogP contribution in [0.3, 0.4) is 0 Å². The Labute approximate surface area is 201 Å². The van der Waals surface area contributed by atoms with Gasteiger partial charge in [0.2, 0.25) is 5.91 Å². The fourth-order valence-electron chi connectivity index (χ4n) is 4.98. The maximum Gasteiger partial charge on any atom is 0.416 e. The number of carbonyl (C=O) groups is 2. The van der Waals surface area contributed by atoms with Gasteiger partial charge in [0.05, 0.1) is 23.1 Å². The molecule has 35 heavy (non-hydrogen) atoms. The number of amides is 2. The first-order chi connectivity index (χ1) is 16.7. The van der Waals surface area contributed by atoms with E-state index in [0.29, 0.717) is 31.4 Å². The van der Waals surface area contributed by atoms with Crippen molar-refractivity contribution in [2.75, 3.05) is 11.9 Å². The van der Waals surface area contributed by atoms with Crippen LogP contribution in [-0.4, -0.2) is 29.3 Å². The predicted molar refractivity (Wildman–Crippen MR) is 125 cm³/mol. The lowest BCUT2D eigenvalue weighted by molar-refractivity contribution is -0.137. The molecule has 1 aliphatic carbocycles. The Hall–Kier alpha value is -3.42. The van der Waals surface area contributed by atoms with Gasteiger partial charge >= 0.3 is 6.18 Å². The van der Waals surface area contributed by atoms with Gasteiger partial charge in [0.15, 0.2) is 0 Å². The molecule has 1 fully saturated rings. The van der Waals surface area contributed by atoms with E-state index in [2.05, 4.69) is 5.32 Å². The number of aryl methyl sites for hydroxylation is 1. The van der Waals surface area contributed by atoms with Crippen LogP contribution in [0.2, 0.25) is 0 Å². The fourth-order valence-corrected chi connectivity index (χ4v) is 4.98. The zero-order valence-electron chi connectivity index (χ0n) is 19.2. The van der Waals surface area contributed by atoms with E-state index < -0.39 is 41.3 Å². The highest BCUT2D eigenvalue weighted by Crippen LogP contribution is 2.36. The molecular formula is C27H26F4N2O2. The molecule has 4 rings (SSSR count). The highest BCUT2D eigenvalue weighted by molar-refractivity contribution is 5.98. The molecule has 1 aliphatic heterocycles. The Morgan fingerprint density at radius 3 is 2.54 bits per heavy atom. The molecule has 2 aromatic carbocycles. The second-order valence-corrected chi connectivity index (χ2v) is 8.95. The number of hydrogen-bond donors (Lipinski definition) is 1. The quantitative estimate of drug-likeness (QED) is 0.528. The van der Waals surface area contributed by atoms with Gasteiger partial charge in [0, 0.05) is 18.2 Å². The van der Waals surface area contributed by atoms with Crippen LogP contribution in [0.25, 0.3) is 0 Å². The lowest BCUT2D eigenvalue weighted by atomic mass is 9.77. The number of likely N-dealkylation sites (tertiary alicyclic amines) is 1. The van der Waals surface area contributed by atoms with E-state index in [0.717, 1.165) is 12.1 Å². The minimum atomic E-state index is -4.53. The third-order valence-electron chi connectivity index (χ3n) is 6.63. The number of hydrogen-bond acceptors (Lipinski definition) is 2. The van der Waals surface area contributed by atoms with Crippen molar-refractivity contribution in [2.45, 2.75) is 38.4 Å². The molecule has 2 unspecified atom stereocenters. The van der Waals surface area contributed by atoms with Crippen LogP contribution in [0.1, 0.15) is 40.7 Å². The first-order valence-electron chi connectivity index (χ1n) is 11.5. The van der Waals surface area contributed by atoms with Gasteiger partial charge in [-0.05, 0) is 56.0 Å². The summed E-state index contributed by atoms with van der Waals surface area (Å²) in [4.78, 5) is 28.5. The topological polar surface area (TPSA) is 49.4 Å². The van der Waals surface area contributed by atoms with Crippen molar-refractivity contribution < 1.29 is 27.2 Å². The van der Waals surface area contributed by atoms with Gasteiger partial charge in [-0.1, -0.05) is 42.5 Å². The smallest absolute Gasteiger partial charge is 0.334 e. The van der Waals surface area contributed by atoms with E-state index in [1.54, 1.807) is 17.9 Å². The van der Waals surface area contributed by atoms with Crippen molar-refractivity contribution >= 4 is 17.5 Å². The predicted octanol–water partition coefficient (Wildman–Crippen LogP) is 6.14. The molecule has 2 aliphatic rings. The van der Waals surface area contributed by atoms with Gasteiger partial charge in [0.25, 0.3) is 5.91 Å². The standard InChI is InChI=1S/C27H26F4N2O2/c1-17-8-5-14-22(28)23(17)26(35)33-15-7-13-21(24(33)18-9-3-2-4-10-18)25(34)32-20-12-6-11-19(16-20)27(29,30)31/h2-6,8-9,11-12,14,16,18,21,24H,7,10,13,15H2,1H3,(H,32,34)/t18?,21?,24-/m0/s1. The SMILES string of the molecule is Cc1cccc(F)c1C(=O)N1CCCC(C(=O)Nc2cccc(C(F)(F)F)c2)[C@@H]1C1C=CC=CC1. The molecule has 3 atom stereocenters. The van der Waals surface area contributed by atoms with Crippen molar-refractivity contribution in [2.24, 2.45) is 11.8 Å². The summed E-state index contributed by atoms with van der Waals surface area (Å²) in [6, 6.07) is 8.34. The number of anilines is 1. The fraction of sp³-hybridized carbons (Fsp3) is 0.333. The second kappa shape index (κ2) is 10.1. The molecule has 4 nitrogen and oxygen atoms in total. The minimum absolute atomic E-state index is 0.0215. The Balaban J connectivity index is 1.65. The zero-order valence-corrected chi connectivity index (χ0v) is 19.2. The molecular weight excluding hydrogens is 460 g/mol. The highest BCUT2D eigenvalue weighted by Gasteiger charge is 2.43. The minimum Gasteiger partial charge on any atom is -0.334 e. The molecule has 2 aromatic rings. The van der Waals surface area contributed by atoms with Crippen molar-refractivity contribution in [3.8, 4) is 0 Å². The van der Waals surface area contributed by atoms with Gasteiger partial charge in [-0.25, -0.2) is 4.39 Å². The van der Waals surface area contributed by atoms with E-state index in [-0.39, 0.29) is 17.2 Å². The van der Waals surface area contributed by atoms with Crippen molar-refractivity contribution in [1.82, 2.24) is 4.90 Å². The largest absolute Gasteiger partial charge is 0.416 e. The number of alkyl halides is 3. The molecule has 0 aromatic heterocycles. The van der Waals surface area contributed by atoms with Gasteiger partial charge in [-0.3, -0.25) is 9.59 Å². The van der Waals surface area contributed by atoms with Crippen LogP contribution in [0.4, 0.5) is 23.2 Å². The number of nitrogens with one attached hydrogen (secondary N) is 1. The number of allylic oxidation sites excluding steroid dienone is 3. The Morgan fingerprint density at radius 2 is 1.86 bits per heavy atom. The normalized spacial score (nSPS) is 22.2. The van der Waals surface area contributed by atoms with Gasteiger partial charge in [0.1, 0.15) is 5.82 Å². The number of rotatable bonds is 4. The van der Waals surface area contributed by atoms with Crippen LogP contribution in [0.15, 0.2) is 66.8 Å². The third kappa shape index (κ3) is 5.31. The number of carbonyl (C=O) groups excluding carboxylic acids is 2.